The molecule has 1 aromatic rings. The minimum Gasteiger partial charge on any atom is -0.486 e. The van der Waals surface area contributed by atoms with Crippen LogP contribution in [0.5, 0.6) is 11.5 Å². The van der Waals surface area contributed by atoms with Gasteiger partial charge in [0, 0.05) is 31.7 Å². The topological polar surface area (TPSA) is 120 Å². The molecule has 0 bridgehead atoms. The van der Waals surface area contributed by atoms with Crippen LogP contribution in [0, 0.1) is 5.41 Å². The summed E-state index contributed by atoms with van der Waals surface area (Å²) in [5, 5.41) is 9.67. The van der Waals surface area contributed by atoms with Gasteiger partial charge in [0.05, 0.1) is 6.04 Å². The second-order valence-electron chi connectivity index (χ2n) is 11.7. The van der Waals surface area contributed by atoms with E-state index in [1.165, 1.54) is 4.90 Å². The van der Waals surface area contributed by atoms with Gasteiger partial charge in [-0.05, 0) is 49.8 Å². The molecular weight excluding hydrogens is 492 g/mol. The molecule has 0 aliphatic carbocycles. The fourth-order valence-corrected chi connectivity index (χ4v) is 6.22. The zero-order valence-electron chi connectivity index (χ0n) is 22.2. The molecule has 4 aliphatic heterocycles. The van der Waals surface area contributed by atoms with E-state index in [1.807, 2.05) is 45.0 Å². The van der Waals surface area contributed by atoms with Crippen LogP contribution in [0.15, 0.2) is 24.3 Å². The molecule has 1 aromatic carbocycles. The lowest BCUT2D eigenvalue weighted by Gasteiger charge is -2.46. The standard InChI is InChI=1S/C27H36N4O7/c1-27(2,3)22-13-17(10-12-29(22)26(35)36)30-23(32)24(33)31(25(30)34)18-7-6-11-28(14-18)15-19-16-37-20-8-4-5-9-21(20)38-19/h4-5,8-9,17-19,22H,6-7,10-16H2,1-3H3,(H,35,36)/t17?,18-,19-,22?/m0/s1. The molecule has 4 atom stereocenters. The Morgan fingerprint density at radius 1 is 1.00 bits per heavy atom. The zero-order chi connectivity index (χ0) is 27.2. The molecule has 11 heteroatoms. The number of imide groups is 2. The van der Waals surface area contributed by atoms with Crippen LogP contribution in [0.25, 0.3) is 0 Å². The van der Waals surface area contributed by atoms with Gasteiger partial charge in [-0.15, -0.1) is 0 Å². The second-order valence-corrected chi connectivity index (χ2v) is 11.7. The number of hydrogen-bond acceptors (Lipinski definition) is 7. The van der Waals surface area contributed by atoms with Crippen LogP contribution in [0.4, 0.5) is 9.59 Å². The van der Waals surface area contributed by atoms with E-state index in [-0.39, 0.29) is 24.1 Å². The molecule has 206 valence electrons. The second kappa shape index (κ2) is 10.1. The molecule has 0 saturated carbocycles. The van der Waals surface area contributed by atoms with Gasteiger partial charge in [-0.1, -0.05) is 32.9 Å². The molecule has 4 aliphatic rings. The number of amides is 5. The van der Waals surface area contributed by atoms with E-state index >= 15 is 0 Å². The van der Waals surface area contributed by atoms with Gasteiger partial charge in [-0.3, -0.25) is 24.3 Å². The number of fused-ring (bicyclic) bond motifs is 1. The fraction of sp³-hybridized carbons (Fsp3) is 0.630. The fourth-order valence-electron chi connectivity index (χ4n) is 6.22. The summed E-state index contributed by atoms with van der Waals surface area (Å²) in [6.07, 6.45) is 0.838. The smallest absolute Gasteiger partial charge is 0.407 e. The molecule has 4 heterocycles. The van der Waals surface area contributed by atoms with Crippen molar-refractivity contribution in [3.05, 3.63) is 24.3 Å². The first kappa shape index (κ1) is 26.3. The first-order chi connectivity index (χ1) is 18.0. The summed E-state index contributed by atoms with van der Waals surface area (Å²) in [6.45, 7) is 8.29. The third-order valence-corrected chi connectivity index (χ3v) is 8.09. The molecule has 0 radical (unpaired) electrons. The van der Waals surface area contributed by atoms with Crippen molar-refractivity contribution in [1.29, 1.82) is 0 Å². The highest BCUT2D eigenvalue weighted by atomic mass is 16.6. The van der Waals surface area contributed by atoms with Crippen molar-refractivity contribution in [3.8, 4) is 11.5 Å². The lowest BCUT2D eigenvalue weighted by Crippen LogP contribution is -2.57. The molecular formula is C27H36N4O7. The lowest BCUT2D eigenvalue weighted by atomic mass is 9.79. The number of ether oxygens (including phenoxy) is 2. The molecule has 1 N–H and O–H groups in total. The third kappa shape index (κ3) is 4.91. The number of carboxylic acid groups (broad SMARTS) is 1. The summed E-state index contributed by atoms with van der Waals surface area (Å²) in [6, 6.07) is 5.63. The van der Waals surface area contributed by atoms with E-state index in [4.69, 9.17) is 9.47 Å². The summed E-state index contributed by atoms with van der Waals surface area (Å²) in [5.41, 5.74) is -0.387. The summed E-state index contributed by atoms with van der Waals surface area (Å²) < 4.78 is 11.9. The Balaban J connectivity index is 1.25. The van der Waals surface area contributed by atoms with Crippen LogP contribution in [0.3, 0.4) is 0 Å². The van der Waals surface area contributed by atoms with Gasteiger partial charge < -0.3 is 19.5 Å². The molecule has 2 unspecified atom stereocenters. The lowest BCUT2D eigenvalue weighted by molar-refractivity contribution is -0.145. The zero-order valence-corrected chi connectivity index (χ0v) is 22.2. The predicted molar refractivity (Wildman–Crippen MR) is 136 cm³/mol. The number of carbonyl (C=O) groups excluding carboxylic acids is 3. The number of rotatable bonds is 4. The Hall–Kier alpha value is -3.34. The van der Waals surface area contributed by atoms with Crippen molar-refractivity contribution in [2.24, 2.45) is 5.41 Å². The van der Waals surface area contributed by atoms with E-state index in [2.05, 4.69) is 4.90 Å². The van der Waals surface area contributed by atoms with Gasteiger partial charge >= 0.3 is 23.9 Å². The minimum atomic E-state index is -1.02. The number of para-hydroxylation sites is 2. The monoisotopic (exact) mass is 528 g/mol. The Morgan fingerprint density at radius 3 is 2.37 bits per heavy atom. The maximum absolute atomic E-state index is 13.5. The molecule has 5 rings (SSSR count). The first-order valence-electron chi connectivity index (χ1n) is 13.4. The van der Waals surface area contributed by atoms with E-state index in [9.17, 15) is 24.3 Å². The molecule has 3 fully saturated rings. The van der Waals surface area contributed by atoms with Gasteiger partial charge in [0.25, 0.3) is 0 Å². The Kier molecular flexibility index (Phi) is 6.97. The molecule has 5 amide bonds. The Morgan fingerprint density at radius 2 is 1.68 bits per heavy atom. The number of piperidine rings is 2. The largest absolute Gasteiger partial charge is 0.486 e. The van der Waals surface area contributed by atoms with Crippen LogP contribution in [-0.2, 0) is 9.59 Å². The Bertz CT molecular complexity index is 1120. The maximum atomic E-state index is 13.5. The van der Waals surface area contributed by atoms with Crippen molar-refractivity contribution in [2.45, 2.75) is 70.7 Å². The predicted octanol–water partition coefficient (Wildman–Crippen LogP) is 2.64. The highest BCUT2D eigenvalue weighted by Gasteiger charge is 2.53. The van der Waals surface area contributed by atoms with Gasteiger partial charge in [0.15, 0.2) is 11.5 Å². The van der Waals surface area contributed by atoms with Crippen LogP contribution >= 0.6 is 0 Å². The quantitative estimate of drug-likeness (QED) is 0.468. The Labute approximate surface area is 222 Å². The minimum absolute atomic E-state index is 0.180. The van der Waals surface area contributed by atoms with Crippen LogP contribution in [-0.4, -0.2) is 106 Å². The molecule has 0 aromatic heterocycles. The summed E-state index contributed by atoms with van der Waals surface area (Å²) in [7, 11) is 0. The SMILES string of the molecule is CC(C)(C)C1CC(N2C(=O)C(=O)N([C@H]3CCCN(C[C@H]4COc5ccccc5O4)C3)C2=O)CCN1C(=O)O. The van der Waals surface area contributed by atoms with Crippen molar-refractivity contribution < 1.29 is 33.8 Å². The first-order valence-corrected chi connectivity index (χ1v) is 13.4. The van der Waals surface area contributed by atoms with Crippen molar-refractivity contribution in [3.63, 3.8) is 0 Å². The number of urea groups is 1. The molecule has 38 heavy (non-hydrogen) atoms. The maximum Gasteiger partial charge on any atom is 0.407 e. The average molecular weight is 529 g/mol. The normalized spacial score (nSPS) is 28.7. The van der Waals surface area contributed by atoms with Gasteiger partial charge in [0.1, 0.15) is 12.7 Å². The number of hydrogen-bond donors (Lipinski definition) is 1. The van der Waals surface area contributed by atoms with E-state index in [0.29, 0.717) is 44.7 Å². The van der Waals surface area contributed by atoms with Crippen LogP contribution in [0.2, 0.25) is 0 Å². The summed E-state index contributed by atoms with van der Waals surface area (Å²) in [5.74, 6) is -0.184. The van der Waals surface area contributed by atoms with Gasteiger partial charge in [-0.2, -0.15) is 0 Å². The molecule has 3 saturated heterocycles. The molecule has 11 nitrogen and oxygen atoms in total. The van der Waals surface area contributed by atoms with Crippen molar-refractivity contribution in [2.75, 3.05) is 32.8 Å². The van der Waals surface area contributed by atoms with Crippen LogP contribution < -0.4 is 9.47 Å². The highest BCUT2D eigenvalue weighted by molar-refractivity contribution is 6.44. The summed E-state index contributed by atoms with van der Waals surface area (Å²) >= 11 is 0. The average Bonchev–Trinajstić information content (AvgIpc) is 3.10. The van der Waals surface area contributed by atoms with E-state index < -0.39 is 36.0 Å². The highest BCUT2D eigenvalue weighted by Crippen LogP contribution is 2.36. The summed E-state index contributed by atoms with van der Waals surface area (Å²) in [4.78, 5) is 57.3. The number of benzene rings is 1. The van der Waals surface area contributed by atoms with E-state index in [1.54, 1.807) is 0 Å². The van der Waals surface area contributed by atoms with Gasteiger partial charge in [0.2, 0.25) is 0 Å². The van der Waals surface area contributed by atoms with Crippen molar-refractivity contribution in [1.82, 2.24) is 19.6 Å². The molecule has 0 spiro atoms. The number of nitrogens with zero attached hydrogens (tertiary/aromatic N) is 4. The van der Waals surface area contributed by atoms with Crippen LogP contribution in [0.1, 0.15) is 46.5 Å². The number of likely N-dealkylation sites (tertiary alicyclic amines) is 2. The van der Waals surface area contributed by atoms with Crippen molar-refractivity contribution >= 4 is 23.9 Å². The third-order valence-electron chi connectivity index (χ3n) is 8.09. The van der Waals surface area contributed by atoms with Gasteiger partial charge in [-0.25, -0.2) is 9.59 Å². The van der Waals surface area contributed by atoms with E-state index in [0.717, 1.165) is 28.5 Å². The number of carbonyl (C=O) groups is 4.